The fourth-order valence-electron chi connectivity index (χ4n) is 1.75. The highest BCUT2D eigenvalue weighted by atomic mass is 16.5. The first-order valence-electron chi connectivity index (χ1n) is 5.66. The summed E-state index contributed by atoms with van der Waals surface area (Å²) < 4.78 is 10.6. The monoisotopic (exact) mass is 232 g/mol. The van der Waals surface area contributed by atoms with Crippen molar-refractivity contribution in [3.63, 3.8) is 0 Å². The number of hydrogen-bond donors (Lipinski definition) is 0. The molecule has 0 radical (unpaired) electrons. The molecule has 0 aliphatic carbocycles. The molecule has 0 aliphatic rings. The van der Waals surface area contributed by atoms with E-state index in [4.69, 9.17) is 9.15 Å². The Bertz CT molecular complexity index is 539. The Hall–Kier alpha value is -1.61. The third-order valence-electron chi connectivity index (χ3n) is 2.82. The van der Waals surface area contributed by atoms with Gasteiger partial charge in [-0.05, 0) is 32.0 Å². The molecule has 2 aromatic rings. The molecule has 0 saturated heterocycles. The first-order chi connectivity index (χ1) is 8.10. The topological polar surface area (TPSA) is 39.4 Å². The fourth-order valence-corrected chi connectivity index (χ4v) is 1.75. The van der Waals surface area contributed by atoms with Crippen molar-refractivity contribution in [1.29, 1.82) is 0 Å². The van der Waals surface area contributed by atoms with E-state index < -0.39 is 0 Å². The summed E-state index contributed by atoms with van der Waals surface area (Å²) in [6.07, 6.45) is 0.257. The molecule has 0 saturated carbocycles. The molecule has 0 spiro atoms. The summed E-state index contributed by atoms with van der Waals surface area (Å²) in [5.74, 6) is 0.391. The Balaban J connectivity index is 2.27. The van der Waals surface area contributed by atoms with Crippen LogP contribution in [-0.4, -0.2) is 19.0 Å². The van der Waals surface area contributed by atoms with Gasteiger partial charge >= 0.3 is 0 Å². The van der Waals surface area contributed by atoms with E-state index in [0.29, 0.717) is 12.2 Å². The fraction of sp³-hybridized carbons (Fsp3) is 0.357. The number of ketones is 1. The molecule has 90 valence electrons. The van der Waals surface area contributed by atoms with Crippen LogP contribution in [0, 0.1) is 6.92 Å². The van der Waals surface area contributed by atoms with Crippen LogP contribution in [0.2, 0.25) is 0 Å². The molecule has 3 heteroatoms. The van der Waals surface area contributed by atoms with Crippen LogP contribution in [0.15, 0.2) is 28.7 Å². The highest BCUT2D eigenvalue weighted by Gasteiger charge is 2.15. The first-order valence-corrected chi connectivity index (χ1v) is 5.66. The molecule has 1 aromatic carbocycles. The number of furan rings is 1. The lowest BCUT2D eigenvalue weighted by atomic mass is 10.1. The van der Waals surface area contributed by atoms with Crippen molar-refractivity contribution in [3.05, 3.63) is 35.6 Å². The summed E-state index contributed by atoms with van der Waals surface area (Å²) in [6.45, 7) is 3.88. The van der Waals surface area contributed by atoms with Crippen LogP contribution < -0.4 is 0 Å². The minimum absolute atomic E-state index is 0.0202. The molecule has 1 aromatic heterocycles. The smallest absolute Gasteiger partial charge is 0.200 e. The van der Waals surface area contributed by atoms with Gasteiger partial charge in [0.15, 0.2) is 5.76 Å². The van der Waals surface area contributed by atoms with Crippen LogP contribution >= 0.6 is 0 Å². The van der Waals surface area contributed by atoms with Crippen molar-refractivity contribution in [2.24, 2.45) is 0 Å². The standard InChI is InChI=1S/C14H16O3/c1-9-4-5-13-11(6-9)8-14(17-13)12(15)7-10(2)16-3/h4-6,8,10H,7H2,1-3H3. The molecule has 0 aliphatic heterocycles. The van der Waals surface area contributed by atoms with E-state index >= 15 is 0 Å². The van der Waals surface area contributed by atoms with E-state index in [0.717, 1.165) is 16.5 Å². The third kappa shape index (κ3) is 2.56. The maximum atomic E-state index is 11.9. The summed E-state index contributed by atoms with van der Waals surface area (Å²) in [7, 11) is 1.60. The van der Waals surface area contributed by atoms with Gasteiger partial charge in [-0.25, -0.2) is 0 Å². The second kappa shape index (κ2) is 4.72. The highest BCUT2D eigenvalue weighted by molar-refractivity contribution is 5.97. The van der Waals surface area contributed by atoms with E-state index in [1.807, 2.05) is 32.0 Å². The molecule has 1 unspecified atom stereocenters. The van der Waals surface area contributed by atoms with Crippen molar-refractivity contribution in [2.75, 3.05) is 7.11 Å². The van der Waals surface area contributed by atoms with E-state index in [1.54, 1.807) is 13.2 Å². The Labute approximate surface area is 100 Å². The number of methoxy groups -OCH3 is 1. The maximum absolute atomic E-state index is 11.9. The van der Waals surface area contributed by atoms with Crippen molar-refractivity contribution in [3.8, 4) is 0 Å². The number of aryl methyl sites for hydroxylation is 1. The number of benzene rings is 1. The van der Waals surface area contributed by atoms with Gasteiger partial charge in [0.05, 0.1) is 6.10 Å². The number of hydrogen-bond acceptors (Lipinski definition) is 3. The lowest BCUT2D eigenvalue weighted by Crippen LogP contribution is -2.11. The number of Topliss-reactive ketones (excluding diaryl/α,β-unsaturated/α-hetero) is 1. The molecule has 17 heavy (non-hydrogen) atoms. The lowest BCUT2D eigenvalue weighted by Gasteiger charge is -2.05. The molecule has 0 fully saturated rings. The van der Waals surface area contributed by atoms with Gasteiger partial charge in [0.1, 0.15) is 5.58 Å². The number of fused-ring (bicyclic) bond motifs is 1. The number of carbonyl (C=O) groups is 1. The van der Waals surface area contributed by atoms with Gasteiger partial charge in [-0.3, -0.25) is 4.79 Å². The van der Waals surface area contributed by atoms with Crippen LogP contribution in [0.4, 0.5) is 0 Å². The molecular weight excluding hydrogens is 216 g/mol. The van der Waals surface area contributed by atoms with Crippen molar-refractivity contribution < 1.29 is 13.9 Å². The van der Waals surface area contributed by atoms with Crippen LogP contribution in [0.25, 0.3) is 11.0 Å². The number of ether oxygens (including phenoxy) is 1. The molecule has 2 rings (SSSR count). The van der Waals surface area contributed by atoms with E-state index in [1.165, 1.54) is 0 Å². The van der Waals surface area contributed by atoms with Crippen LogP contribution in [-0.2, 0) is 4.74 Å². The van der Waals surface area contributed by atoms with Crippen LogP contribution in [0.1, 0.15) is 29.5 Å². The summed E-state index contributed by atoms with van der Waals surface area (Å²) >= 11 is 0. The zero-order chi connectivity index (χ0) is 12.4. The Morgan fingerprint density at radius 3 is 2.88 bits per heavy atom. The average Bonchev–Trinajstić information content (AvgIpc) is 2.71. The van der Waals surface area contributed by atoms with Gasteiger partial charge in [-0.15, -0.1) is 0 Å². The first kappa shape index (κ1) is 11.9. The van der Waals surface area contributed by atoms with Crippen molar-refractivity contribution in [1.82, 2.24) is 0 Å². The predicted molar refractivity (Wildman–Crippen MR) is 66.4 cm³/mol. The average molecular weight is 232 g/mol. The molecule has 3 nitrogen and oxygen atoms in total. The normalized spacial score (nSPS) is 12.9. The molecular formula is C14H16O3. The summed E-state index contributed by atoms with van der Waals surface area (Å²) in [6, 6.07) is 7.67. The van der Waals surface area contributed by atoms with Crippen molar-refractivity contribution >= 4 is 16.8 Å². The number of carbonyl (C=O) groups excluding carboxylic acids is 1. The Morgan fingerprint density at radius 2 is 2.18 bits per heavy atom. The van der Waals surface area contributed by atoms with Crippen LogP contribution in [0.5, 0.6) is 0 Å². The van der Waals surface area contributed by atoms with Gasteiger partial charge in [0.25, 0.3) is 0 Å². The highest BCUT2D eigenvalue weighted by Crippen LogP contribution is 2.22. The van der Waals surface area contributed by atoms with Gasteiger partial charge < -0.3 is 9.15 Å². The lowest BCUT2D eigenvalue weighted by molar-refractivity contribution is 0.0770. The number of rotatable bonds is 4. The van der Waals surface area contributed by atoms with E-state index in [9.17, 15) is 4.79 Å². The SMILES string of the molecule is COC(C)CC(=O)c1cc2cc(C)ccc2o1. The van der Waals surface area contributed by atoms with E-state index in [-0.39, 0.29) is 11.9 Å². The maximum Gasteiger partial charge on any atom is 0.200 e. The van der Waals surface area contributed by atoms with E-state index in [2.05, 4.69) is 0 Å². The molecule has 1 atom stereocenters. The van der Waals surface area contributed by atoms with Gasteiger partial charge in [-0.2, -0.15) is 0 Å². The largest absolute Gasteiger partial charge is 0.453 e. The minimum atomic E-state index is -0.0857. The molecule has 0 amide bonds. The summed E-state index contributed by atoms with van der Waals surface area (Å²) in [4.78, 5) is 11.9. The van der Waals surface area contributed by atoms with Gasteiger partial charge in [0.2, 0.25) is 5.78 Å². The zero-order valence-electron chi connectivity index (χ0n) is 10.3. The zero-order valence-corrected chi connectivity index (χ0v) is 10.3. The Morgan fingerprint density at radius 1 is 1.41 bits per heavy atom. The third-order valence-corrected chi connectivity index (χ3v) is 2.82. The van der Waals surface area contributed by atoms with Gasteiger partial charge in [-0.1, -0.05) is 11.6 Å². The molecule has 1 heterocycles. The second-order valence-electron chi connectivity index (χ2n) is 4.33. The summed E-state index contributed by atoms with van der Waals surface area (Å²) in [5.41, 5.74) is 1.91. The molecule has 0 bridgehead atoms. The quantitative estimate of drug-likeness (QED) is 0.759. The molecule has 0 N–H and O–H groups in total. The van der Waals surface area contributed by atoms with Crippen LogP contribution in [0.3, 0.4) is 0 Å². The summed E-state index contributed by atoms with van der Waals surface area (Å²) in [5, 5.41) is 0.971. The Kier molecular flexibility index (Phi) is 3.29. The minimum Gasteiger partial charge on any atom is -0.453 e. The van der Waals surface area contributed by atoms with Crippen molar-refractivity contribution in [2.45, 2.75) is 26.4 Å². The second-order valence-corrected chi connectivity index (χ2v) is 4.33. The van der Waals surface area contributed by atoms with Gasteiger partial charge in [0, 0.05) is 18.9 Å². The predicted octanol–water partition coefficient (Wildman–Crippen LogP) is 3.35.